The number of hydrogen-bond acceptors (Lipinski definition) is 4. The number of carbonyl (C=O) groups excluding carboxylic acids is 1. The summed E-state index contributed by atoms with van der Waals surface area (Å²) in [4.78, 5) is 15.6. The summed E-state index contributed by atoms with van der Waals surface area (Å²) in [6.45, 7) is 1.81. The Morgan fingerprint density at radius 2 is 2.50 bits per heavy atom. The fraction of sp³-hybridized carbons (Fsp3) is 0.857. The summed E-state index contributed by atoms with van der Waals surface area (Å²) >= 11 is 0. The van der Waals surface area contributed by atoms with E-state index >= 15 is 0 Å². The van der Waals surface area contributed by atoms with Crippen molar-refractivity contribution in [2.24, 2.45) is 0 Å². The Hall–Kier alpha value is -0.810. The number of piperidine rings is 1. The van der Waals surface area contributed by atoms with E-state index in [-0.39, 0.29) is 6.10 Å². The lowest BCUT2D eigenvalue weighted by atomic mass is 10.1. The maximum Gasteiger partial charge on any atom is 0.431 e. The molecule has 1 saturated heterocycles. The summed E-state index contributed by atoms with van der Waals surface area (Å²) < 4.78 is 4.35. The molecular weight excluding hydrogens is 160 g/mol. The maximum atomic E-state index is 10.6. The van der Waals surface area contributed by atoms with E-state index in [0.29, 0.717) is 0 Å². The van der Waals surface area contributed by atoms with E-state index in [0.717, 1.165) is 25.9 Å². The molecule has 1 fully saturated rings. The molecule has 5 nitrogen and oxygen atoms in total. The van der Waals surface area contributed by atoms with Gasteiger partial charge in [0.2, 0.25) is 0 Å². The highest BCUT2D eigenvalue weighted by Crippen LogP contribution is 2.03. The van der Waals surface area contributed by atoms with Crippen LogP contribution in [0.25, 0.3) is 0 Å². The Kier molecular flexibility index (Phi) is 3.83. The van der Waals surface area contributed by atoms with Crippen molar-refractivity contribution < 1.29 is 14.4 Å². The lowest BCUT2D eigenvalue weighted by molar-refractivity contribution is -0.0291. The van der Waals surface area contributed by atoms with Crippen molar-refractivity contribution in [3.8, 4) is 0 Å². The Bertz CT molecular complexity index is 146. The van der Waals surface area contributed by atoms with Gasteiger partial charge in [-0.3, -0.25) is 4.84 Å². The minimum absolute atomic E-state index is 0.0675. The van der Waals surface area contributed by atoms with Gasteiger partial charge in [-0.25, -0.2) is 4.79 Å². The van der Waals surface area contributed by atoms with Crippen molar-refractivity contribution in [1.82, 2.24) is 10.8 Å². The lowest BCUT2D eigenvalue weighted by Gasteiger charge is -2.21. The Labute approximate surface area is 71.4 Å². The molecule has 1 heterocycles. The van der Waals surface area contributed by atoms with Gasteiger partial charge in [0.15, 0.2) is 0 Å². The van der Waals surface area contributed by atoms with Crippen LogP contribution in [-0.2, 0) is 9.57 Å². The molecule has 0 spiro atoms. The monoisotopic (exact) mass is 174 g/mol. The predicted molar refractivity (Wildman–Crippen MR) is 42.5 cm³/mol. The Balaban J connectivity index is 2.09. The smallest absolute Gasteiger partial charge is 0.431 e. The average Bonchev–Trinajstić information content (AvgIpc) is 2.16. The van der Waals surface area contributed by atoms with Crippen molar-refractivity contribution in [3.63, 3.8) is 0 Å². The minimum atomic E-state index is -0.555. The second-order valence-electron chi connectivity index (χ2n) is 2.68. The van der Waals surface area contributed by atoms with E-state index in [1.807, 2.05) is 0 Å². The molecule has 1 atom stereocenters. The van der Waals surface area contributed by atoms with Gasteiger partial charge in [-0.1, -0.05) is 0 Å². The summed E-state index contributed by atoms with van der Waals surface area (Å²) in [6, 6.07) is 0. The first-order valence-electron chi connectivity index (χ1n) is 4.03. The van der Waals surface area contributed by atoms with Crippen molar-refractivity contribution in [1.29, 1.82) is 0 Å². The highest BCUT2D eigenvalue weighted by atomic mass is 16.7. The number of rotatable bonds is 2. The fourth-order valence-corrected chi connectivity index (χ4v) is 1.09. The van der Waals surface area contributed by atoms with Crippen LogP contribution in [0.4, 0.5) is 4.79 Å². The van der Waals surface area contributed by atoms with E-state index in [9.17, 15) is 4.79 Å². The van der Waals surface area contributed by atoms with Crippen LogP contribution in [0.1, 0.15) is 12.8 Å². The van der Waals surface area contributed by atoms with Gasteiger partial charge >= 0.3 is 6.09 Å². The second kappa shape index (κ2) is 4.95. The van der Waals surface area contributed by atoms with Crippen molar-refractivity contribution in [2.45, 2.75) is 18.9 Å². The van der Waals surface area contributed by atoms with Crippen LogP contribution in [0.15, 0.2) is 0 Å². The molecule has 2 N–H and O–H groups in total. The topological polar surface area (TPSA) is 59.6 Å². The number of hydroxylamine groups is 1. The van der Waals surface area contributed by atoms with Crippen LogP contribution < -0.4 is 10.8 Å². The zero-order chi connectivity index (χ0) is 8.81. The molecular formula is C7H14N2O3. The van der Waals surface area contributed by atoms with E-state index in [1.165, 1.54) is 7.11 Å². The van der Waals surface area contributed by atoms with Gasteiger partial charge in [0, 0.05) is 6.54 Å². The predicted octanol–water partition coefficient (Wildman–Crippen LogP) is 0.0260. The van der Waals surface area contributed by atoms with E-state index < -0.39 is 6.09 Å². The molecule has 1 aliphatic heterocycles. The largest absolute Gasteiger partial charge is 0.451 e. The van der Waals surface area contributed by atoms with Gasteiger partial charge < -0.3 is 10.1 Å². The van der Waals surface area contributed by atoms with E-state index in [2.05, 4.69) is 15.5 Å². The van der Waals surface area contributed by atoms with E-state index in [1.54, 1.807) is 0 Å². The Morgan fingerprint density at radius 1 is 1.67 bits per heavy atom. The maximum absolute atomic E-state index is 10.6. The lowest BCUT2D eigenvalue weighted by Crippen LogP contribution is -2.40. The molecule has 0 radical (unpaired) electrons. The summed E-state index contributed by atoms with van der Waals surface area (Å²) in [5.41, 5.74) is 2.20. The van der Waals surface area contributed by atoms with Crippen molar-refractivity contribution >= 4 is 6.09 Å². The summed E-state index contributed by atoms with van der Waals surface area (Å²) in [5.74, 6) is 0. The van der Waals surface area contributed by atoms with Gasteiger partial charge in [-0.05, 0) is 19.4 Å². The quantitative estimate of drug-likeness (QED) is 0.580. The SMILES string of the molecule is COC(=O)NOC1CCCNC1. The van der Waals surface area contributed by atoms with E-state index in [4.69, 9.17) is 4.84 Å². The second-order valence-corrected chi connectivity index (χ2v) is 2.68. The number of ether oxygens (including phenoxy) is 1. The number of hydrogen-bond donors (Lipinski definition) is 2. The average molecular weight is 174 g/mol. The number of carbonyl (C=O) groups is 1. The fourth-order valence-electron chi connectivity index (χ4n) is 1.09. The van der Waals surface area contributed by atoms with Gasteiger partial charge in [0.1, 0.15) is 0 Å². The number of methoxy groups -OCH3 is 1. The summed E-state index contributed by atoms with van der Waals surface area (Å²) in [6.07, 6.45) is 1.56. The molecule has 1 rings (SSSR count). The third-order valence-electron chi connectivity index (χ3n) is 1.75. The molecule has 0 saturated carbocycles. The van der Waals surface area contributed by atoms with Crippen LogP contribution in [0, 0.1) is 0 Å². The zero-order valence-electron chi connectivity index (χ0n) is 7.13. The van der Waals surface area contributed by atoms with Crippen LogP contribution >= 0.6 is 0 Å². The molecule has 12 heavy (non-hydrogen) atoms. The zero-order valence-corrected chi connectivity index (χ0v) is 7.13. The molecule has 5 heteroatoms. The summed E-state index contributed by atoms with van der Waals surface area (Å²) in [5, 5.41) is 3.16. The molecule has 0 aromatic heterocycles. The molecule has 0 aliphatic carbocycles. The molecule has 1 aliphatic rings. The van der Waals surface area contributed by atoms with Crippen LogP contribution in [0.3, 0.4) is 0 Å². The number of nitrogens with one attached hydrogen (secondary N) is 2. The van der Waals surface area contributed by atoms with Gasteiger partial charge in [0.25, 0.3) is 0 Å². The molecule has 1 unspecified atom stereocenters. The molecule has 0 aromatic rings. The molecule has 0 aromatic carbocycles. The minimum Gasteiger partial charge on any atom is -0.451 e. The number of amides is 1. The molecule has 0 bridgehead atoms. The first-order valence-corrected chi connectivity index (χ1v) is 4.03. The van der Waals surface area contributed by atoms with Crippen LogP contribution in [0.2, 0.25) is 0 Å². The third kappa shape index (κ3) is 3.06. The normalized spacial score (nSPS) is 23.2. The first-order chi connectivity index (χ1) is 5.83. The van der Waals surface area contributed by atoms with Crippen LogP contribution in [-0.4, -0.2) is 32.4 Å². The third-order valence-corrected chi connectivity index (χ3v) is 1.75. The van der Waals surface area contributed by atoms with Gasteiger partial charge in [-0.15, -0.1) is 0 Å². The Morgan fingerprint density at radius 3 is 3.08 bits per heavy atom. The van der Waals surface area contributed by atoms with Crippen molar-refractivity contribution in [2.75, 3.05) is 20.2 Å². The molecule has 1 amide bonds. The standard InChI is InChI=1S/C7H14N2O3/c1-11-7(10)9-12-6-3-2-4-8-5-6/h6,8H,2-5H2,1H3,(H,9,10). The van der Waals surface area contributed by atoms with Gasteiger partial charge in [-0.2, -0.15) is 5.48 Å². The molecule has 70 valence electrons. The highest BCUT2D eigenvalue weighted by molar-refractivity contribution is 5.65. The first kappa shape index (κ1) is 9.28. The summed E-state index contributed by atoms with van der Waals surface area (Å²) in [7, 11) is 1.30. The van der Waals surface area contributed by atoms with Gasteiger partial charge in [0.05, 0.1) is 13.2 Å². The van der Waals surface area contributed by atoms with Crippen molar-refractivity contribution in [3.05, 3.63) is 0 Å². The van der Waals surface area contributed by atoms with Crippen LogP contribution in [0.5, 0.6) is 0 Å². The highest BCUT2D eigenvalue weighted by Gasteiger charge is 2.14.